The van der Waals surface area contributed by atoms with E-state index in [1.54, 1.807) is 0 Å². The molecule has 0 radical (unpaired) electrons. The Morgan fingerprint density at radius 2 is 1.82 bits per heavy atom. The van der Waals surface area contributed by atoms with Crippen LogP contribution in [-0.4, -0.2) is 39.7 Å². The lowest BCUT2D eigenvalue weighted by Gasteiger charge is -2.18. The molecule has 0 bridgehead atoms. The van der Waals surface area contributed by atoms with E-state index in [-0.39, 0.29) is 11.9 Å². The molecule has 1 N–H and O–H groups in total. The fourth-order valence-corrected chi connectivity index (χ4v) is 4.04. The Morgan fingerprint density at radius 3 is 2.54 bits per heavy atom. The second-order valence-electron chi connectivity index (χ2n) is 7.18. The predicted octanol–water partition coefficient (Wildman–Crippen LogP) is 4.58. The van der Waals surface area contributed by atoms with E-state index in [4.69, 9.17) is 0 Å². The second-order valence-corrected chi connectivity index (χ2v) is 8.10. The van der Waals surface area contributed by atoms with Crippen LogP contribution in [0.2, 0.25) is 0 Å². The highest BCUT2D eigenvalue weighted by molar-refractivity contribution is 9.10. The van der Waals surface area contributed by atoms with E-state index >= 15 is 0 Å². The van der Waals surface area contributed by atoms with Crippen LogP contribution in [0.4, 0.5) is 5.69 Å². The van der Waals surface area contributed by atoms with Gasteiger partial charge in [-0.3, -0.25) is 4.79 Å². The lowest BCUT2D eigenvalue weighted by molar-refractivity contribution is 0.0790. The van der Waals surface area contributed by atoms with Gasteiger partial charge >= 0.3 is 0 Å². The summed E-state index contributed by atoms with van der Waals surface area (Å²) in [6.45, 7) is 5.33. The molecule has 1 aromatic heterocycles. The average molecular weight is 439 g/mol. The first-order valence-corrected chi connectivity index (χ1v) is 10.3. The molecule has 1 fully saturated rings. The number of amides is 1. The summed E-state index contributed by atoms with van der Waals surface area (Å²) in [5, 5.41) is 8.15. The number of benzene rings is 2. The van der Waals surface area contributed by atoms with Gasteiger partial charge in [0.1, 0.15) is 0 Å². The van der Waals surface area contributed by atoms with Crippen LogP contribution in [-0.2, 0) is 0 Å². The number of nitrogens with zero attached hydrogens (tertiary/aromatic N) is 3. The minimum atomic E-state index is 0.0655. The molecule has 1 atom stereocenters. The van der Waals surface area contributed by atoms with Gasteiger partial charge in [0.15, 0.2) is 0 Å². The van der Waals surface area contributed by atoms with Crippen molar-refractivity contribution in [3.8, 4) is 5.69 Å². The molecular formula is C22H23BrN4O. The molecule has 1 saturated heterocycles. The summed E-state index contributed by atoms with van der Waals surface area (Å²) in [5.74, 6) is 0.0655. The second kappa shape index (κ2) is 7.80. The predicted molar refractivity (Wildman–Crippen MR) is 115 cm³/mol. The molecule has 0 spiro atoms. The molecule has 2 heterocycles. The number of hydrogen-bond donors (Lipinski definition) is 1. The normalized spacial score (nSPS) is 16.4. The van der Waals surface area contributed by atoms with Gasteiger partial charge < -0.3 is 10.2 Å². The van der Waals surface area contributed by atoms with E-state index in [2.05, 4.69) is 38.5 Å². The molecular weight excluding hydrogens is 416 g/mol. The largest absolute Gasteiger partial charge is 0.380 e. The summed E-state index contributed by atoms with van der Waals surface area (Å²) in [7, 11) is 0. The maximum Gasteiger partial charge on any atom is 0.257 e. The smallest absolute Gasteiger partial charge is 0.257 e. The highest BCUT2D eigenvalue weighted by Crippen LogP contribution is 2.24. The summed E-state index contributed by atoms with van der Waals surface area (Å²) >= 11 is 3.46. The summed E-state index contributed by atoms with van der Waals surface area (Å²) in [6, 6.07) is 18.4. The Balaban J connectivity index is 1.52. The van der Waals surface area contributed by atoms with Gasteiger partial charge in [0.25, 0.3) is 5.91 Å². The maximum atomic E-state index is 13.2. The molecule has 0 aliphatic carbocycles. The number of likely N-dealkylation sites (tertiary alicyclic amines) is 1. The van der Waals surface area contributed by atoms with E-state index in [9.17, 15) is 4.79 Å². The molecule has 4 rings (SSSR count). The van der Waals surface area contributed by atoms with Crippen LogP contribution >= 0.6 is 15.9 Å². The lowest BCUT2D eigenvalue weighted by Crippen LogP contribution is -2.32. The van der Waals surface area contributed by atoms with Crippen LogP contribution < -0.4 is 5.32 Å². The van der Waals surface area contributed by atoms with Gasteiger partial charge in [-0.1, -0.05) is 34.1 Å². The van der Waals surface area contributed by atoms with Gasteiger partial charge in [-0.25, -0.2) is 4.68 Å². The summed E-state index contributed by atoms with van der Waals surface area (Å²) in [4.78, 5) is 15.2. The van der Waals surface area contributed by atoms with Crippen molar-refractivity contribution in [3.05, 3.63) is 76.0 Å². The Hall–Kier alpha value is -2.60. The topological polar surface area (TPSA) is 50.2 Å². The number of aromatic nitrogens is 2. The first-order valence-electron chi connectivity index (χ1n) is 9.46. The van der Waals surface area contributed by atoms with Gasteiger partial charge in [0.05, 0.1) is 22.6 Å². The summed E-state index contributed by atoms with van der Waals surface area (Å²) < 4.78 is 2.87. The number of halogens is 1. The van der Waals surface area contributed by atoms with Crippen molar-refractivity contribution in [2.45, 2.75) is 26.3 Å². The van der Waals surface area contributed by atoms with Crippen LogP contribution in [0.15, 0.2) is 59.1 Å². The van der Waals surface area contributed by atoms with Crippen LogP contribution in [0.3, 0.4) is 0 Å². The monoisotopic (exact) mass is 438 g/mol. The number of aryl methyl sites for hydroxylation is 1. The van der Waals surface area contributed by atoms with Gasteiger partial charge in [0.2, 0.25) is 0 Å². The first kappa shape index (κ1) is 18.7. The van der Waals surface area contributed by atoms with Gasteiger partial charge in [-0.2, -0.15) is 5.10 Å². The van der Waals surface area contributed by atoms with Crippen molar-refractivity contribution in [3.63, 3.8) is 0 Å². The third-order valence-corrected chi connectivity index (χ3v) is 5.73. The molecule has 2 aromatic carbocycles. The minimum absolute atomic E-state index is 0.0655. The van der Waals surface area contributed by atoms with Crippen LogP contribution in [0.5, 0.6) is 0 Å². The molecule has 6 heteroatoms. The Morgan fingerprint density at radius 1 is 1.11 bits per heavy atom. The fraction of sp³-hybridized carbons (Fsp3) is 0.273. The third kappa shape index (κ3) is 3.69. The van der Waals surface area contributed by atoms with Gasteiger partial charge in [-0.05, 0) is 56.7 Å². The molecule has 3 aromatic rings. The number of rotatable bonds is 4. The third-order valence-electron chi connectivity index (χ3n) is 5.20. The zero-order chi connectivity index (χ0) is 19.7. The molecule has 1 amide bonds. The highest BCUT2D eigenvalue weighted by atomic mass is 79.9. The summed E-state index contributed by atoms with van der Waals surface area (Å²) in [5.41, 5.74) is 4.41. The minimum Gasteiger partial charge on any atom is -0.380 e. The number of para-hydroxylation sites is 1. The van der Waals surface area contributed by atoms with Crippen LogP contribution in [0.25, 0.3) is 5.69 Å². The number of hydrogen-bond acceptors (Lipinski definition) is 3. The standard InChI is InChI=1S/C22H23BrN4O/c1-15-21(16(2)27(25-15)20-10-8-17(23)9-11-20)22(28)26-13-12-19(14-26)24-18-6-4-3-5-7-18/h3-11,19,24H,12-14H2,1-2H3. The van der Waals surface area contributed by atoms with E-state index < -0.39 is 0 Å². The fourth-order valence-electron chi connectivity index (χ4n) is 3.78. The van der Waals surface area contributed by atoms with Crippen LogP contribution in [0.1, 0.15) is 28.2 Å². The molecule has 28 heavy (non-hydrogen) atoms. The number of anilines is 1. The molecule has 144 valence electrons. The SMILES string of the molecule is Cc1nn(-c2ccc(Br)cc2)c(C)c1C(=O)N1CCC(Nc2ccccc2)C1. The Bertz CT molecular complexity index is 982. The average Bonchev–Trinajstić information content (AvgIpc) is 3.27. The molecule has 0 saturated carbocycles. The van der Waals surface area contributed by atoms with Crippen molar-refractivity contribution in [1.82, 2.24) is 14.7 Å². The number of nitrogens with one attached hydrogen (secondary N) is 1. The van der Waals surface area contributed by atoms with Crippen LogP contribution in [0, 0.1) is 13.8 Å². The van der Waals surface area contributed by atoms with E-state index in [1.165, 1.54) is 0 Å². The van der Waals surface area contributed by atoms with Crippen molar-refractivity contribution < 1.29 is 4.79 Å². The van der Waals surface area contributed by atoms with Crippen molar-refractivity contribution in [2.24, 2.45) is 0 Å². The Labute approximate surface area is 173 Å². The van der Waals surface area contributed by atoms with Crippen molar-refractivity contribution in [2.75, 3.05) is 18.4 Å². The summed E-state index contributed by atoms with van der Waals surface area (Å²) in [6.07, 6.45) is 0.944. The lowest BCUT2D eigenvalue weighted by atomic mass is 10.1. The van der Waals surface area contributed by atoms with Gasteiger partial charge in [-0.15, -0.1) is 0 Å². The van der Waals surface area contributed by atoms with Crippen molar-refractivity contribution in [1.29, 1.82) is 0 Å². The van der Waals surface area contributed by atoms with Crippen molar-refractivity contribution >= 4 is 27.5 Å². The zero-order valence-corrected chi connectivity index (χ0v) is 17.6. The van der Waals surface area contributed by atoms with E-state index in [0.717, 1.165) is 40.2 Å². The maximum absolute atomic E-state index is 13.2. The van der Waals surface area contributed by atoms with E-state index in [0.29, 0.717) is 12.1 Å². The highest BCUT2D eigenvalue weighted by Gasteiger charge is 2.30. The Kier molecular flexibility index (Phi) is 5.22. The number of carbonyl (C=O) groups is 1. The zero-order valence-electron chi connectivity index (χ0n) is 16.0. The molecule has 5 nitrogen and oxygen atoms in total. The first-order chi connectivity index (χ1) is 13.5. The number of carbonyl (C=O) groups excluding carboxylic acids is 1. The molecule has 1 unspecified atom stereocenters. The quantitative estimate of drug-likeness (QED) is 0.648. The van der Waals surface area contributed by atoms with E-state index in [1.807, 2.05) is 65.9 Å². The molecule has 1 aliphatic rings. The molecule has 1 aliphatic heterocycles. The van der Waals surface area contributed by atoms with Gasteiger partial charge in [0, 0.05) is 29.3 Å².